The highest BCUT2D eigenvalue weighted by Crippen LogP contribution is 2.35. The van der Waals surface area contributed by atoms with E-state index in [1.165, 1.54) is 4.31 Å². The summed E-state index contributed by atoms with van der Waals surface area (Å²) in [5.74, 6) is 0. The van der Waals surface area contributed by atoms with Crippen molar-refractivity contribution in [3.8, 4) is 0 Å². The summed E-state index contributed by atoms with van der Waals surface area (Å²) in [7, 11) is -3.57. The van der Waals surface area contributed by atoms with Gasteiger partial charge in [-0.15, -0.1) is 0 Å². The van der Waals surface area contributed by atoms with Crippen LogP contribution in [0.3, 0.4) is 0 Å². The van der Waals surface area contributed by atoms with Crippen LogP contribution in [0.2, 0.25) is 5.02 Å². The minimum atomic E-state index is -3.57. The lowest BCUT2D eigenvalue weighted by molar-refractivity contribution is 0.563. The van der Waals surface area contributed by atoms with Crippen LogP contribution in [0, 0.1) is 0 Å². The number of fused-ring (bicyclic) bond motifs is 1. The van der Waals surface area contributed by atoms with Gasteiger partial charge in [0.25, 0.3) is 10.0 Å². The fourth-order valence-corrected chi connectivity index (χ4v) is 4.59. The molecule has 2 aromatic rings. The normalized spacial score (nSPS) is 18.4. The molecule has 0 saturated heterocycles. The SMILES string of the molecule is C[C@H]1CCc2ccccc2N1S(=O)(=O)c1ccc(Cl)cc1. The van der Waals surface area contributed by atoms with E-state index in [-0.39, 0.29) is 10.9 Å². The topological polar surface area (TPSA) is 37.4 Å². The molecule has 0 bridgehead atoms. The molecule has 5 heteroatoms. The van der Waals surface area contributed by atoms with Crippen LogP contribution in [0.15, 0.2) is 53.4 Å². The second kappa shape index (κ2) is 5.35. The van der Waals surface area contributed by atoms with E-state index in [9.17, 15) is 8.42 Å². The van der Waals surface area contributed by atoms with Gasteiger partial charge in [0.1, 0.15) is 0 Å². The Balaban J connectivity index is 2.12. The predicted octanol–water partition coefficient (Wildman–Crippen LogP) is 3.87. The van der Waals surface area contributed by atoms with Crippen LogP contribution in [0.4, 0.5) is 5.69 Å². The Morgan fingerprint density at radius 1 is 1.10 bits per heavy atom. The van der Waals surface area contributed by atoms with Crippen LogP contribution in [0.5, 0.6) is 0 Å². The van der Waals surface area contributed by atoms with Gasteiger partial charge in [-0.3, -0.25) is 4.31 Å². The number of benzene rings is 2. The maximum atomic E-state index is 13.0. The highest BCUT2D eigenvalue weighted by molar-refractivity contribution is 7.92. The summed E-state index contributed by atoms with van der Waals surface area (Å²) in [5, 5.41) is 0.529. The first-order chi connectivity index (χ1) is 10.00. The van der Waals surface area contributed by atoms with E-state index in [1.54, 1.807) is 24.3 Å². The van der Waals surface area contributed by atoms with Crippen molar-refractivity contribution >= 4 is 27.3 Å². The Morgan fingerprint density at radius 2 is 1.76 bits per heavy atom. The molecule has 0 fully saturated rings. The van der Waals surface area contributed by atoms with Crippen molar-refractivity contribution in [2.24, 2.45) is 0 Å². The lowest BCUT2D eigenvalue weighted by Gasteiger charge is -2.36. The molecule has 0 aromatic heterocycles. The Kier molecular flexibility index (Phi) is 3.68. The molecule has 0 aliphatic carbocycles. The van der Waals surface area contributed by atoms with Gasteiger partial charge in [-0.25, -0.2) is 8.42 Å². The second-order valence-corrected chi connectivity index (χ2v) is 7.52. The predicted molar refractivity (Wildman–Crippen MR) is 85.3 cm³/mol. The van der Waals surface area contributed by atoms with Crippen molar-refractivity contribution in [1.82, 2.24) is 0 Å². The minimum absolute atomic E-state index is 0.0550. The number of aryl methyl sites for hydroxylation is 1. The summed E-state index contributed by atoms with van der Waals surface area (Å²) >= 11 is 5.85. The zero-order valence-electron chi connectivity index (χ0n) is 11.7. The zero-order chi connectivity index (χ0) is 15.0. The average molecular weight is 322 g/mol. The van der Waals surface area contributed by atoms with E-state index in [4.69, 9.17) is 11.6 Å². The molecule has 2 aromatic carbocycles. The molecule has 0 radical (unpaired) electrons. The molecule has 0 spiro atoms. The van der Waals surface area contributed by atoms with Crippen LogP contribution in [0.1, 0.15) is 18.9 Å². The summed E-state index contributed by atoms with van der Waals surface area (Å²) in [4.78, 5) is 0.274. The molecule has 0 N–H and O–H groups in total. The van der Waals surface area contributed by atoms with Crippen LogP contribution < -0.4 is 4.31 Å². The van der Waals surface area contributed by atoms with Gasteiger partial charge in [-0.1, -0.05) is 29.8 Å². The van der Waals surface area contributed by atoms with Gasteiger partial charge >= 0.3 is 0 Å². The van der Waals surface area contributed by atoms with Crippen LogP contribution in [-0.2, 0) is 16.4 Å². The van der Waals surface area contributed by atoms with E-state index in [0.29, 0.717) is 5.02 Å². The van der Waals surface area contributed by atoms with Gasteiger partial charge in [0, 0.05) is 11.1 Å². The summed E-state index contributed by atoms with van der Waals surface area (Å²) in [5.41, 5.74) is 1.86. The molecule has 1 atom stereocenters. The standard InChI is InChI=1S/C16H16ClNO2S/c1-12-6-7-13-4-2-3-5-16(13)18(12)21(19,20)15-10-8-14(17)9-11-15/h2-5,8-12H,6-7H2,1H3/t12-/m0/s1. The molecule has 1 aliphatic rings. The van der Waals surface area contributed by atoms with Crippen molar-refractivity contribution in [3.05, 3.63) is 59.1 Å². The number of anilines is 1. The molecule has 21 heavy (non-hydrogen) atoms. The Labute approximate surface area is 130 Å². The summed E-state index contributed by atoms with van der Waals surface area (Å²) < 4.78 is 27.4. The maximum Gasteiger partial charge on any atom is 0.264 e. The lowest BCUT2D eigenvalue weighted by atomic mass is 9.99. The summed E-state index contributed by atoms with van der Waals surface area (Å²) in [6, 6.07) is 14.0. The number of rotatable bonds is 2. The van der Waals surface area contributed by atoms with Crippen LogP contribution in [0.25, 0.3) is 0 Å². The van der Waals surface area contributed by atoms with E-state index in [2.05, 4.69) is 0 Å². The third-order valence-electron chi connectivity index (χ3n) is 3.83. The van der Waals surface area contributed by atoms with Gasteiger partial charge in [0.05, 0.1) is 10.6 Å². The van der Waals surface area contributed by atoms with Crippen molar-refractivity contribution in [2.45, 2.75) is 30.7 Å². The highest BCUT2D eigenvalue weighted by atomic mass is 35.5. The fraction of sp³-hybridized carbons (Fsp3) is 0.250. The number of para-hydroxylation sites is 1. The molecular weight excluding hydrogens is 306 g/mol. The van der Waals surface area contributed by atoms with E-state index < -0.39 is 10.0 Å². The Morgan fingerprint density at radius 3 is 2.48 bits per heavy atom. The molecule has 0 saturated carbocycles. The monoisotopic (exact) mass is 321 g/mol. The highest BCUT2D eigenvalue weighted by Gasteiger charge is 2.33. The first-order valence-corrected chi connectivity index (χ1v) is 8.70. The van der Waals surface area contributed by atoms with Crippen molar-refractivity contribution in [1.29, 1.82) is 0 Å². The van der Waals surface area contributed by atoms with Crippen molar-refractivity contribution in [2.75, 3.05) is 4.31 Å². The van der Waals surface area contributed by atoms with Gasteiger partial charge in [0.15, 0.2) is 0 Å². The smallest absolute Gasteiger partial charge is 0.263 e. The molecule has 0 amide bonds. The molecule has 1 heterocycles. The van der Waals surface area contributed by atoms with Gasteiger partial charge < -0.3 is 0 Å². The van der Waals surface area contributed by atoms with Crippen molar-refractivity contribution < 1.29 is 8.42 Å². The second-order valence-electron chi connectivity index (χ2n) is 5.27. The average Bonchev–Trinajstić information content (AvgIpc) is 2.47. The first-order valence-electron chi connectivity index (χ1n) is 6.88. The van der Waals surface area contributed by atoms with E-state index in [1.807, 2.05) is 31.2 Å². The molecule has 110 valence electrons. The fourth-order valence-electron chi connectivity index (χ4n) is 2.74. The van der Waals surface area contributed by atoms with Crippen LogP contribution >= 0.6 is 11.6 Å². The number of halogens is 1. The van der Waals surface area contributed by atoms with Gasteiger partial charge in [-0.05, 0) is 55.7 Å². The van der Waals surface area contributed by atoms with Crippen LogP contribution in [-0.4, -0.2) is 14.5 Å². The lowest BCUT2D eigenvalue weighted by Crippen LogP contribution is -2.42. The maximum absolute atomic E-state index is 13.0. The number of sulfonamides is 1. The molecule has 3 nitrogen and oxygen atoms in total. The molecule has 3 rings (SSSR count). The summed E-state index contributed by atoms with van der Waals surface area (Å²) in [6.45, 7) is 1.95. The zero-order valence-corrected chi connectivity index (χ0v) is 13.2. The van der Waals surface area contributed by atoms with E-state index in [0.717, 1.165) is 24.1 Å². The Hall–Kier alpha value is -1.52. The van der Waals surface area contributed by atoms with Gasteiger partial charge in [0.2, 0.25) is 0 Å². The number of hydrogen-bond acceptors (Lipinski definition) is 2. The first kappa shape index (κ1) is 14.4. The number of nitrogens with zero attached hydrogens (tertiary/aromatic N) is 1. The third kappa shape index (κ3) is 2.54. The summed E-state index contributed by atoms with van der Waals surface area (Å²) in [6.07, 6.45) is 1.73. The largest absolute Gasteiger partial charge is 0.264 e. The minimum Gasteiger partial charge on any atom is -0.263 e. The van der Waals surface area contributed by atoms with Gasteiger partial charge in [-0.2, -0.15) is 0 Å². The molecular formula is C16H16ClNO2S. The van der Waals surface area contributed by atoms with E-state index >= 15 is 0 Å². The Bertz CT molecular complexity index is 756. The van der Waals surface area contributed by atoms with Crippen molar-refractivity contribution in [3.63, 3.8) is 0 Å². The quantitative estimate of drug-likeness (QED) is 0.842. The molecule has 0 unspecified atom stereocenters. The molecule has 1 aliphatic heterocycles. The number of hydrogen-bond donors (Lipinski definition) is 0. The third-order valence-corrected chi connectivity index (χ3v) is 6.03.